The van der Waals surface area contributed by atoms with Crippen molar-refractivity contribution in [3.8, 4) is 17.0 Å². The predicted molar refractivity (Wildman–Crippen MR) is 144 cm³/mol. The van der Waals surface area contributed by atoms with E-state index in [-0.39, 0.29) is 0 Å². The smallest absolute Gasteiger partial charge is 0.227 e. The Morgan fingerprint density at radius 1 is 0.919 bits per heavy atom. The van der Waals surface area contributed by atoms with E-state index < -0.39 is 5.82 Å². The first-order chi connectivity index (χ1) is 18.1. The van der Waals surface area contributed by atoms with E-state index in [2.05, 4.69) is 44.3 Å². The van der Waals surface area contributed by atoms with Gasteiger partial charge in [-0.1, -0.05) is 6.07 Å². The maximum absolute atomic E-state index is 14.9. The zero-order chi connectivity index (χ0) is 25.4. The number of hydrogen-bond acceptors (Lipinski definition) is 8. The number of piperazine rings is 1. The van der Waals surface area contributed by atoms with Crippen LogP contribution in [0, 0.1) is 5.82 Å². The number of pyridine rings is 2. The monoisotopic (exact) mass is 495 g/mol. The van der Waals surface area contributed by atoms with Crippen molar-refractivity contribution in [2.75, 3.05) is 50.6 Å². The molecule has 1 N–H and O–H groups in total. The highest BCUT2D eigenvalue weighted by atomic mass is 19.1. The number of nitrogens with one attached hydrogen (secondary N) is 1. The lowest BCUT2D eigenvalue weighted by Crippen LogP contribution is -2.44. The molecule has 0 spiro atoms. The van der Waals surface area contributed by atoms with Gasteiger partial charge in [0.25, 0.3) is 0 Å². The molecule has 5 aromatic rings. The van der Waals surface area contributed by atoms with Crippen molar-refractivity contribution in [2.45, 2.75) is 0 Å². The van der Waals surface area contributed by atoms with Crippen LogP contribution in [-0.4, -0.2) is 65.2 Å². The summed E-state index contributed by atoms with van der Waals surface area (Å²) in [5.41, 5.74) is 4.02. The van der Waals surface area contributed by atoms with E-state index in [4.69, 9.17) is 14.7 Å². The average Bonchev–Trinajstić information content (AvgIpc) is 2.93. The molecule has 9 heteroatoms. The van der Waals surface area contributed by atoms with Crippen LogP contribution in [0.3, 0.4) is 0 Å². The van der Waals surface area contributed by atoms with Gasteiger partial charge in [-0.25, -0.2) is 19.3 Å². The molecular weight excluding hydrogens is 469 g/mol. The molecule has 1 saturated heterocycles. The molecule has 37 heavy (non-hydrogen) atoms. The SMILES string of the molecule is COc1cccc(F)c1-c1nc2cnc(Nc3ccc(N4CCN(C)CC4)cc3)nc2c2cnccc12. The Bertz CT molecular complexity index is 1580. The van der Waals surface area contributed by atoms with Gasteiger partial charge in [-0.2, -0.15) is 0 Å². The number of methoxy groups -OCH3 is 1. The molecule has 1 aliphatic rings. The molecule has 0 radical (unpaired) electrons. The first-order valence-corrected chi connectivity index (χ1v) is 12.1. The topological polar surface area (TPSA) is 79.3 Å². The standard InChI is InChI=1S/C28H26FN7O/c1-35-12-14-36(15-13-35)19-8-6-18(7-9-19)32-28-31-17-23-26(34-28)21-16-30-11-10-20(21)27(33-23)25-22(29)4-3-5-24(25)37-2/h3-11,16-17H,12-15H2,1-2H3,(H,31,32,34). The Kier molecular flexibility index (Phi) is 5.97. The third-order valence-corrected chi connectivity index (χ3v) is 6.76. The highest BCUT2D eigenvalue weighted by molar-refractivity contribution is 6.09. The fourth-order valence-corrected chi connectivity index (χ4v) is 4.73. The van der Waals surface area contributed by atoms with E-state index in [1.165, 1.54) is 18.9 Å². The molecule has 1 fully saturated rings. The second-order valence-corrected chi connectivity index (χ2v) is 9.09. The van der Waals surface area contributed by atoms with Crippen LogP contribution in [0.1, 0.15) is 0 Å². The number of ether oxygens (including phenoxy) is 1. The number of likely N-dealkylation sites (N-methyl/N-ethyl adjacent to an activating group) is 1. The molecule has 0 aliphatic carbocycles. The summed E-state index contributed by atoms with van der Waals surface area (Å²) >= 11 is 0. The maximum Gasteiger partial charge on any atom is 0.227 e. The zero-order valence-electron chi connectivity index (χ0n) is 20.6. The Balaban J connectivity index is 1.36. The van der Waals surface area contributed by atoms with Crippen LogP contribution in [0.5, 0.6) is 5.75 Å². The second kappa shape index (κ2) is 9.59. The number of fused-ring (bicyclic) bond motifs is 3. The molecule has 0 saturated carbocycles. The van der Waals surface area contributed by atoms with Crippen LogP contribution < -0.4 is 15.0 Å². The summed E-state index contributed by atoms with van der Waals surface area (Å²) in [5, 5.41) is 4.78. The van der Waals surface area contributed by atoms with Gasteiger partial charge in [0.1, 0.15) is 22.6 Å². The molecule has 0 amide bonds. The van der Waals surface area contributed by atoms with Crippen LogP contribution in [0.2, 0.25) is 0 Å². The summed E-state index contributed by atoms with van der Waals surface area (Å²) < 4.78 is 20.4. The van der Waals surface area contributed by atoms with Crippen molar-refractivity contribution < 1.29 is 9.13 Å². The molecule has 0 bridgehead atoms. The van der Waals surface area contributed by atoms with E-state index in [9.17, 15) is 4.39 Å². The Morgan fingerprint density at radius 2 is 1.73 bits per heavy atom. The lowest BCUT2D eigenvalue weighted by Gasteiger charge is -2.34. The molecule has 4 heterocycles. The Hall–Kier alpha value is -4.37. The second-order valence-electron chi connectivity index (χ2n) is 9.09. The minimum atomic E-state index is -0.413. The van der Waals surface area contributed by atoms with Gasteiger partial charge in [0.05, 0.1) is 24.6 Å². The van der Waals surface area contributed by atoms with Crippen LogP contribution in [0.15, 0.2) is 67.1 Å². The van der Waals surface area contributed by atoms with E-state index in [0.29, 0.717) is 34.0 Å². The van der Waals surface area contributed by atoms with Crippen molar-refractivity contribution in [1.29, 1.82) is 0 Å². The van der Waals surface area contributed by atoms with Gasteiger partial charge >= 0.3 is 0 Å². The molecule has 1 aliphatic heterocycles. The maximum atomic E-state index is 14.9. The summed E-state index contributed by atoms with van der Waals surface area (Å²) in [6, 6.07) is 14.8. The predicted octanol–water partition coefficient (Wildman–Crippen LogP) is 4.88. The van der Waals surface area contributed by atoms with Crippen molar-refractivity contribution in [2.24, 2.45) is 0 Å². The zero-order valence-corrected chi connectivity index (χ0v) is 20.6. The summed E-state index contributed by atoms with van der Waals surface area (Å²) in [7, 11) is 3.67. The molecule has 8 nitrogen and oxygen atoms in total. The van der Waals surface area contributed by atoms with Crippen LogP contribution in [0.25, 0.3) is 33.1 Å². The van der Waals surface area contributed by atoms with E-state index >= 15 is 0 Å². The van der Waals surface area contributed by atoms with Gasteiger partial charge in [0, 0.05) is 60.7 Å². The summed E-state index contributed by atoms with van der Waals surface area (Å²) in [4.78, 5) is 23.0. The van der Waals surface area contributed by atoms with Crippen molar-refractivity contribution >= 4 is 39.1 Å². The Labute approximate surface area is 213 Å². The lowest BCUT2D eigenvalue weighted by atomic mass is 10.0. The number of halogens is 1. The molecule has 2 aromatic carbocycles. The normalized spacial score (nSPS) is 14.3. The van der Waals surface area contributed by atoms with Gasteiger partial charge in [-0.3, -0.25) is 4.98 Å². The van der Waals surface area contributed by atoms with Crippen LogP contribution in [-0.2, 0) is 0 Å². The number of anilines is 3. The highest BCUT2D eigenvalue weighted by Crippen LogP contribution is 2.37. The number of aromatic nitrogens is 4. The first kappa shape index (κ1) is 23.1. The molecule has 3 aromatic heterocycles. The third kappa shape index (κ3) is 4.38. The van der Waals surface area contributed by atoms with E-state index in [0.717, 1.165) is 42.6 Å². The van der Waals surface area contributed by atoms with Crippen molar-refractivity contribution in [3.05, 3.63) is 72.9 Å². The van der Waals surface area contributed by atoms with E-state index in [1.54, 1.807) is 30.7 Å². The van der Waals surface area contributed by atoms with E-state index in [1.807, 2.05) is 18.2 Å². The fraction of sp³-hybridized carbons (Fsp3) is 0.214. The molecule has 0 atom stereocenters. The van der Waals surface area contributed by atoms with Crippen molar-refractivity contribution in [3.63, 3.8) is 0 Å². The van der Waals surface area contributed by atoms with Crippen molar-refractivity contribution in [1.82, 2.24) is 24.8 Å². The molecule has 0 unspecified atom stereocenters. The average molecular weight is 496 g/mol. The number of rotatable bonds is 5. The number of nitrogens with zero attached hydrogens (tertiary/aromatic N) is 6. The quantitative estimate of drug-likeness (QED) is 0.346. The van der Waals surface area contributed by atoms with Gasteiger partial charge in [0.15, 0.2) is 0 Å². The van der Waals surface area contributed by atoms with Gasteiger partial charge in [-0.05, 0) is 49.5 Å². The van der Waals surface area contributed by atoms with Gasteiger partial charge < -0.3 is 19.9 Å². The van der Waals surface area contributed by atoms with Gasteiger partial charge in [-0.15, -0.1) is 0 Å². The molecular formula is C28H26FN7O. The summed E-state index contributed by atoms with van der Waals surface area (Å²) in [5.74, 6) is 0.441. The largest absolute Gasteiger partial charge is 0.496 e. The third-order valence-electron chi connectivity index (χ3n) is 6.76. The molecule has 186 valence electrons. The van der Waals surface area contributed by atoms with Crippen LogP contribution >= 0.6 is 0 Å². The fourth-order valence-electron chi connectivity index (χ4n) is 4.73. The number of benzene rings is 2. The Morgan fingerprint density at radius 3 is 2.51 bits per heavy atom. The molecule has 6 rings (SSSR count). The minimum absolute atomic E-state index is 0.297. The number of hydrogen-bond donors (Lipinski definition) is 1. The lowest BCUT2D eigenvalue weighted by molar-refractivity contribution is 0.313. The summed E-state index contributed by atoms with van der Waals surface area (Å²) in [6.45, 7) is 4.16. The minimum Gasteiger partial charge on any atom is -0.496 e. The first-order valence-electron chi connectivity index (χ1n) is 12.1. The van der Waals surface area contributed by atoms with Gasteiger partial charge in [0.2, 0.25) is 5.95 Å². The summed E-state index contributed by atoms with van der Waals surface area (Å²) in [6.07, 6.45) is 5.03. The van der Waals surface area contributed by atoms with Crippen LogP contribution in [0.4, 0.5) is 21.7 Å². The highest BCUT2D eigenvalue weighted by Gasteiger charge is 2.19.